The SMILES string of the molecule is C.O=C(O)C(=O)CC[P+](=O)O.[H-].[Na+]. The molecule has 0 aromatic rings. The van der Waals surface area contributed by atoms with Crippen LogP contribution in [0.3, 0.4) is 0 Å². The summed E-state index contributed by atoms with van der Waals surface area (Å²) >= 11 is 0. The van der Waals surface area contributed by atoms with Crippen LogP contribution in [0, 0.1) is 0 Å². The van der Waals surface area contributed by atoms with Crippen molar-refractivity contribution in [1.82, 2.24) is 0 Å². The maximum absolute atomic E-state index is 10.2. The van der Waals surface area contributed by atoms with E-state index in [1.807, 2.05) is 0 Å². The molecule has 0 radical (unpaired) electrons. The van der Waals surface area contributed by atoms with E-state index in [4.69, 9.17) is 10.00 Å². The summed E-state index contributed by atoms with van der Waals surface area (Å²) in [5.41, 5.74) is 0. The van der Waals surface area contributed by atoms with Crippen molar-refractivity contribution in [3.05, 3.63) is 0 Å². The van der Waals surface area contributed by atoms with Gasteiger partial charge in [0.15, 0.2) is 6.16 Å². The van der Waals surface area contributed by atoms with Gasteiger partial charge in [0.05, 0.1) is 6.42 Å². The summed E-state index contributed by atoms with van der Waals surface area (Å²) in [6, 6.07) is 0. The molecule has 0 aliphatic carbocycles. The monoisotopic (exact) mass is 205 g/mol. The van der Waals surface area contributed by atoms with E-state index in [9.17, 15) is 14.2 Å². The van der Waals surface area contributed by atoms with Gasteiger partial charge in [-0.3, -0.25) is 4.79 Å². The fraction of sp³-hybridized carbons (Fsp3) is 0.600. The number of aliphatic carboxylic acids is 1. The van der Waals surface area contributed by atoms with E-state index in [0.29, 0.717) is 0 Å². The van der Waals surface area contributed by atoms with E-state index in [1.54, 1.807) is 0 Å². The maximum atomic E-state index is 10.2. The molecule has 0 spiro atoms. The van der Waals surface area contributed by atoms with Crippen molar-refractivity contribution < 1.29 is 55.1 Å². The third-order valence-electron chi connectivity index (χ3n) is 0.769. The molecule has 0 aliphatic heterocycles. The van der Waals surface area contributed by atoms with Crippen molar-refractivity contribution in [1.29, 1.82) is 0 Å². The van der Waals surface area contributed by atoms with Crippen LogP contribution in [-0.2, 0) is 14.2 Å². The Labute approximate surface area is 94.8 Å². The topological polar surface area (TPSA) is 91.7 Å². The van der Waals surface area contributed by atoms with Gasteiger partial charge < -0.3 is 6.53 Å². The number of ketones is 1. The second-order valence-corrected chi connectivity index (χ2v) is 2.71. The van der Waals surface area contributed by atoms with Crippen LogP contribution in [0.15, 0.2) is 0 Å². The molecular formula is C5H11NaO5P+. The Morgan fingerprint density at radius 2 is 1.83 bits per heavy atom. The molecule has 0 aromatic heterocycles. The molecule has 0 amide bonds. The predicted molar refractivity (Wildman–Crippen MR) is 39.8 cm³/mol. The average Bonchev–Trinajstić information content (AvgIpc) is 1.82. The van der Waals surface area contributed by atoms with Crippen LogP contribution >= 0.6 is 8.03 Å². The molecule has 0 saturated heterocycles. The Balaban J connectivity index is -0.000000135. The number of hydrogen-bond donors (Lipinski definition) is 2. The van der Waals surface area contributed by atoms with Gasteiger partial charge in [0.1, 0.15) is 0 Å². The van der Waals surface area contributed by atoms with Crippen LogP contribution in [0.1, 0.15) is 15.3 Å². The molecule has 0 bridgehead atoms. The van der Waals surface area contributed by atoms with Crippen molar-refractivity contribution in [2.75, 3.05) is 6.16 Å². The molecule has 5 nitrogen and oxygen atoms in total. The second kappa shape index (κ2) is 9.29. The number of carbonyl (C=O) groups excluding carboxylic acids is 1. The van der Waals surface area contributed by atoms with Crippen molar-refractivity contribution in [3.63, 3.8) is 0 Å². The zero-order chi connectivity index (χ0) is 8.15. The summed E-state index contributed by atoms with van der Waals surface area (Å²) in [4.78, 5) is 28.1. The fourth-order valence-corrected chi connectivity index (χ4v) is 0.698. The van der Waals surface area contributed by atoms with Crippen LogP contribution in [0.4, 0.5) is 0 Å². The minimum absolute atomic E-state index is 0. The number of carbonyl (C=O) groups is 2. The largest absolute Gasteiger partial charge is 1.00 e. The standard InChI is InChI=1S/C4H5O5P.CH4.Na.H/c5-3(4(6)7)1-2-10(8)9;;;/h1-2H2,(H-,6,7,8,9);1H4;;/q;;+1;-1/p+1. The van der Waals surface area contributed by atoms with Gasteiger partial charge in [0, 0.05) is 0 Å². The molecule has 1 unspecified atom stereocenters. The van der Waals surface area contributed by atoms with Crippen LogP contribution in [0.2, 0.25) is 0 Å². The van der Waals surface area contributed by atoms with Gasteiger partial charge in [-0.2, -0.15) is 4.89 Å². The van der Waals surface area contributed by atoms with E-state index in [-0.39, 0.29) is 51.0 Å². The van der Waals surface area contributed by atoms with Crippen molar-refractivity contribution in [3.8, 4) is 0 Å². The van der Waals surface area contributed by atoms with Crippen LogP contribution in [0.25, 0.3) is 0 Å². The molecule has 0 aromatic carbocycles. The zero-order valence-electron chi connectivity index (χ0n) is 6.98. The first-order valence-corrected chi connectivity index (χ1v) is 3.83. The van der Waals surface area contributed by atoms with Gasteiger partial charge in [0.2, 0.25) is 5.78 Å². The van der Waals surface area contributed by atoms with Gasteiger partial charge in [-0.05, 0) is 4.57 Å². The summed E-state index contributed by atoms with van der Waals surface area (Å²) in [6.07, 6.45) is -0.651. The predicted octanol–water partition coefficient (Wildman–Crippen LogP) is -2.48. The van der Waals surface area contributed by atoms with Gasteiger partial charge >= 0.3 is 43.6 Å². The molecule has 7 heteroatoms. The molecule has 0 fully saturated rings. The molecule has 0 saturated carbocycles. The molecule has 0 aliphatic rings. The first-order valence-electron chi connectivity index (χ1n) is 2.43. The van der Waals surface area contributed by atoms with Gasteiger partial charge in [0.25, 0.3) is 0 Å². The first kappa shape index (κ1) is 18.1. The van der Waals surface area contributed by atoms with Crippen molar-refractivity contribution in [2.45, 2.75) is 13.8 Å². The minimum atomic E-state index is -2.39. The van der Waals surface area contributed by atoms with Crippen LogP contribution in [0.5, 0.6) is 0 Å². The Bertz CT molecular complexity index is 186. The van der Waals surface area contributed by atoms with Crippen molar-refractivity contribution in [2.24, 2.45) is 0 Å². The van der Waals surface area contributed by atoms with E-state index < -0.39 is 19.8 Å². The third-order valence-corrected chi connectivity index (χ3v) is 1.37. The summed E-state index contributed by atoms with van der Waals surface area (Å²) in [5, 5.41) is 7.97. The molecule has 1 atom stereocenters. The van der Waals surface area contributed by atoms with E-state index in [0.717, 1.165) is 0 Å². The number of rotatable bonds is 4. The smallest absolute Gasteiger partial charge is 1.00 e. The van der Waals surface area contributed by atoms with E-state index >= 15 is 0 Å². The summed E-state index contributed by atoms with van der Waals surface area (Å²) in [7, 11) is -2.39. The molecule has 2 N–H and O–H groups in total. The number of carboxylic acid groups (broad SMARTS) is 1. The number of hydrogen-bond acceptors (Lipinski definition) is 3. The third kappa shape index (κ3) is 10.2. The van der Waals surface area contributed by atoms with Crippen LogP contribution in [-0.4, -0.2) is 27.9 Å². The van der Waals surface area contributed by atoms with Gasteiger partial charge in [-0.25, -0.2) is 4.79 Å². The average molecular weight is 205 g/mol. The molecule has 12 heavy (non-hydrogen) atoms. The van der Waals surface area contributed by atoms with Gasteiger partial charge in [-0.1, -0.05) is 7.43 Å². The minimum Gasteiger partial charge on any atom is -1.00 e. The van der Waals surface area contributed by atoms with Gasteiger partial charge in [-0.15, -0.1) is 0 Å². The van der Waals surface area contributed by atoms with Crippen molar-refractivity contribution >= 4 is 19.8 Å². The Kier molecular flexibility index (Phi) is 14.0. The first-order chi connectivity index (χ1) is 4.54. The Morgan fingerprint density at radius 3 is 2.08 bits per heavy atom. The maximum Gasteiger partial charge on any atom is 1.00 e. The molecule has 0 rings (SSSR count). The Hall–Kier alpha value is 0.200. The van der Waals surface area contributed by atoms with E-state index in [1.165, 1.54) is 0 Å². The zero-order valence-corrected chi connectivity index (χ0v) is 8.88. The summed E-state index contributed by atoms with van der Waals surface area (Å²) in [5.74, 6) is -2.59. The molecule has 66 valence electrons. The quantitative estimate of drug-likeness (QED) is 0.301. The molecular weight excluding hydrogens is 194 g/mol. The fourth-order valence-electron chi connectivity index (χ4n) is 0.304. The summed E-state index contributed by atoms with van der Waals surface area (Å²) in [6.45, 7) is 0. The summed E-state index contributed by atoms with van der Waals surface area (Å²) < 4.78 is 9.93. The number of carboxylic acids is 1. The molecule has 0 heterocycles. The number of Topliss-reactive ketones (excluding diaryl/α,β-unsaturated/α-hetero) is 1. The van der Waals surface area contributed by atoms with Crippen LogP contribution < -0.4 is 29.6 Å². The van der Waals surface area contributed by atoms with E-state index in [2.05, 4.69) is 0 Å². The second-order valence-electron chi connectivity index (χ2n) is 1.55. The Morgan fingerprint density at radius 1 is 1.42 bits per heavy atom. The normalized spacial score (nSPS) is 8.92.